The number of nitrogens with one attached hydrogen (secondary N) is 2. The molecule has 0 fully saturated rings. The van der Waals surface area contributed by atoms with Crippen molar-refractivity contribution >= 4 is 28.9 Å². The van der Waals surface area contributed by atoms with Gasteiger partial charge < -0.3 is 16.5 Å². The number of aryl methyl sites for hydroxylation is 1. The van der Waals surface area contributed by atoms with Crippen molar-refractivity contribution in [2.75, 3.05) is 16.5 Å². The van der Waals surface area contributed by atoms with Crippen LogP contribution in [-0.4, -0.2) is 9.97 Å². The minimum Gasteiger partial charge on any atom is -0.368 e. The first-order valence-electron chi connectivity index (χ1n) is 5.05. The van der Waals surface area contributed by atoms with Crippen molar-refractivity contribution < 1.29 is 0 Å². The van der Waals surface area contributed by atoms with E-state index in [0.717, 1.165) is 0 Å². The molecule has 2 heterocycles. The number of aromatic nitrogens is 2. The predicted molar refractivity (Wildman–Crippen MR) is 70.6 cm³/mol. The van der Waals surface area contributed by atoms with E-state index in [1.54, 1.807) is 17.4 Å². The molecule has 0 saturated heterocycles. The Morgan fingerprint density at radius 1 is 1.29 bits per heavy atom. The molecule has 6 nitrogen and oxygen atoms in total. The van der Waals surface area contributed by atoms with Gasteiger partial charge in [-0.05, 0) is 28.8 Å². The Bertz CT molecular complexity index is 509. The summed E-state index contributed by atoms with van der Waals surface area (Å²) in [7, 11) is 0. The molecule has 0 aromatic carbocycles. The van der Waals surface area contributed by atoms with Gasteiger partial charge in [0.1, 0.15) is 11.6 Å². The van der Waals surface area contributed by atoms with E-state index in [0.29, 0.717) is 18.2 Å². The number of rotatable bonds is 4. The molecule has 0 unspecified atom stereocenters. The maximum atomic E-state index is 5.56. The van der Waals surface area contributed by atoms with Crippen molar-refractivity contribution in [1.29, 1.82) is 0 Å². The van der Waals surface area contributed by atoms with Crippen LogP contribution in [0.15, 0.2) is 16.8 Å². The minimum atomic E-state index is 0.185. The summed E-state index contributed by atoms with van der Waals surface area (Å²) in [6.45, 7) is 2.78. The normalized spacial score (nSPS) is 10.2. The van der Waals surface area contributed by atoms with Crippen LogP contribution < -0.4 is 22.3 Å². The predicted octanol–water partition coefficient (Wildman–Crippen LogP) is 1.33. The summed E-state index contributed by atoms with van der Waals surface area (Å²) in [6.07, 6.45) is 0. The monoisotopic (exact) mass is 250 g/mol. The molecule has 0 spiro atoms. The number of nitrogens with zero attached hydrogens (tertiary/aromatic N) is 2. The maximum Gasteiger partial charge on any atom is 0.223 e. The smallest absolute Gasteiger partial charge is 0.223 e. The van der Waals surface area contributed by atoms with Crippen LogP contribution in [0.2, 0.25) is 0 Å². The Kier molecular flexibility index (Phi) is 3.40. The number of anilines is 3. The third kappa shape index (κ3) is 2.83. The maximum absolute atomic E-state index is 5.56. The van der Waals surface area contributed by atoms with Crippen LogP contribution in [0, 0.1) is 6.92 Å². The zero-order chi connectivity index (χ0) is 12.3. The van der Waals surface area contributed by atoms with Gasteiger partial charge in [0.2, 0.25) is 5.95 Å². The van der Waals surface area contributed by atoms with Gasteiger partial charge in [0.05, 0.1) is 0 Å². The van der Waals surface area contributed by atoms with Crippen LogP contribution in [0.1, 0.15) is 11.1 Å². The summed E-state index contributed by atoms with van der Waals surface area (Å²) in [6, 6.07) is 1.71. The van der Waals surface area contributed by atoms with Crippen LogP contribution in [-0.2, 0) is 6.54 Å². The first kappa shape index (κ1) is 11.6. The van der Waals surface area contributed by atoms with Gasteiger partial charge in [0.25, 0.3) is 0 Å². The molecule has 0 atom stereocenters. The van der Waals surface area contributed by atoms with E-state index in [1.807, 2.05) is 0 Å². The van der Waals surface area contributed by atoms with Gasteiger partial charge in [0, 0.05) is 12.6 Å². The molecule has 7 heteroatoms. The molecule has 2 rings (SSSR count). The van der Waals surface area contributed by atoms with Crippen molar-refractivity contribution in [3.63, 3.8) is 0 Å². The van der Waals surface area contributed by atoms with Crippen LogP contribution in [0.5, 0.6) is 0 Å². The third-order valence-electron chi connectivity index (χ3n) is 2.31. The molecule has 0 aliphatic rings. The average Bonchev–Trinajstić information content (AvgIpc) is 2.71. The summed E-state index contributed by atoms with van der Waals surface area (Å²) in [5, 5.41) is 7.40. The summed E-state index contributed by atoms with van der Waals surface area (Å²) in [5.74, 6) is 6.60. The third-order valence-corrected chi connectivity index (χ3v) is 3.22. The molecular formula is C10H14N6S. The lowest BCUT2D eigenvalue weighted by molar-refractivity contribution is 1.08. The number of nitrogen functional groups attached to an aromatic ring is 2. The molecule has 2 aromatic rings. The molecule has 0 saturated carbocycles. The first-order valence-corrected chi connectivity index (χ1v) is 6.00. The Hall–Kier alpha value is -1.86. The average molecular weight is 250 g/mol. The number of thiophene rings is 1. The highest BCUT2D eigenvalue weighted by atomic mass is 32.1. The summed E-state index contributed by atoms with van der Waals surface area (Å²) >= 11 is 1.68. The number of hydrazine groups is 1. The molecule has 0 amide bonds. The Balaban J connectivity index is 2.09. The van der Waals surface area contributed by atoms with Gasteiger partial charge in [-0.25, -0.2) is 5.84 Å². The highest BCUT2D eigenvalue weighted by molar-refractivity contribution is 7.08. The standard InChI is InChI=1S/C10H14N6S/c1-6-4-17-5-7(6)3-13-8-2-9(16-12)15-10(11)14-8/h2,4-5H,3,12H2,1H3,(H4,11,13,14,15,16). The van der Waals surface area contributed by atoms with Gasteiger partial charge >= 0.3 is 0 Å². The fourth-order valence-corrected chi connectivity index (χ4v) is 2.24. The van der Waals surface area contributed by atoms with E-state index in [2.05, 4.69) is 38.4 Å². The Morgan fingerprint density at radius 2 is 2.06 bits per heavy atom. The van der Waals surface area contributed by atoms with E-state index in [4.69, 9.17) is 11.6 Å². The molecular weight excluding hydrogens is 236 g/mol. The van der Waals surface area contributed by atoms with Crippen molar-refractivity contribution in [1.82, 2.24) is 9.97 Å². The Labute approximate surface area is 103 Å². The van der Waals surface area contributed by atoms with Gasteiger partial charge in [-0.15, -0.1) is 0 Å². The van der Waals surface area contributed by atoms with Crippen LogP contribution >= 0.6 is 11.3 Å². The fraction of sp³-hybridized carbons (Fsp3) is 0.200. The molecule has 0 aliphatic heterocycles. The van der Waals surface area contributed by atoms with Crippen LogP contribution in [0.4, 0.5) is 17.6 Å². The van der Waals surface area contributed by atoms with Gasteiger partial charge in [-0.3, -0.25) is 0 Å². The van der Waals surface area contributed by atoms with Crippen molar-refractivity contribution in [2.45, 2.75) is 13.5 Å². The van der Waals surface area contributed by atoms with Crippen molar-refractivity contribution in [3.05, 3.63) is 28.0 Å². The molecule has 90 valence electrons. The molecule has 17 heavy (non-hydrogen) atoms. The molecule has 0 radical (unpaired) electrons. The Morgan fingerprint density at radius 3 is 2.71 bits per heavy atom. The van der Waals surface area contributed by atoms with Gasteiger partial charge in [-0.1, -0.05) is 0 Å². The number of hydrogen-bond donors (Lipinski definition) is 4. The van der Waals surface area contributed by atoms with E-state index in [1.165, 1.54) is 11.1 Å². The zero-order valence-electron chi connectivity index (χ0n) is 9.40. The lowest BCUT2D eigenvalue weighted by Crippen LogP contribution is -2.12. The largest absolute Gasteiger partial charge is 0.368 e. The van der Waals surface area contributed by atoms with E-state index in [-0.39, 0.29) is 5.95 Å². The summed E-state index contributed by atoms with van der Waals surface area (Å²) < 4.78 is 0. The molecule has 6 N–H and O–H groups in total. The molecule has 0 bridgehead atoms. The van der Waals surface area contributed by atoms with E-state index in [9.17, 15) is 0 Å². The second-order valence-electron chi connectivity index (χ2n) is 3.57. The zero-order valence-corrected chi connectivity index (χ0v) is 10.2. The number of nitrogens with two attached hydrogens (primary N) is 2. The van der Waals surface area contributed by atoms with E-state index >= 15 is 0 Å². The first-order chi connectivity index (χ1) is 8.19. The highest BCUT2D eigenvalue weighted by Gasteiger charge is 2.03. The second-order valence-corrected chi connectivity index (χ2v) is 4.32. The van der Waals surface area contributed by atoms with Gasteiger partial charge in [-0.2, -0.15) is 21.3 Å². The van der Waals surface area contributed by atoms with Crippen molar-refractivity contribution in [2.24, 2.45) is 5.84 Å². The molecule has 2 aromatic heterocycles. The second kappa shape index (κ2) is 4.98. The summed E-state index contributed by atoms with van der Waals surface area (Å²) in [4.78, 5) is 7.98. The summed E-state index contributed by atoms with van der Waals surface area (Å²) in [5.41, 5.74) is 10.5. The minimum absolute atomic E-state index is 0.185. The topological polar surface area (TPSA) is 102 Å². The van der Waals surface area contributed by atoms with E-state index < -0.39 is 0 Å². The fourth-order valence-electron chi connectivity index (χ4n) is 1.38. The van der Waals surface area contributed by atoms with Crippen LogP contribution in [0.25, 0.3) is 0 Å². The lowest BCUT2D eigenvalue weighted by atomic mass is 10.2. The van der Waals surface area contributed by atoms with Crippen molar-refractivity contribution in [3.8, 4) is 0 Å². The highest BCUT2D eigenvalue weighted by Crippen LogP contribution is 2.16. The van der Waals surface area contributed by atoms with Crippen LogP contribution in [0.3, 0.4) is 0 Å². The SMILES string of the molecule is Cc1cscc1CNc1cc(NN)nc(N)n1. The lowest BCUT2D eigenvalue weighted by Gasteiger charge is -2.07. The van der Waals surface area contributed by atoms with Gasteiger partial charge in [0.15, 0.2) is 0 Å². The molecule has 0 aliphatic carbocycles. The quantitative estimate of drug-likeness (QED) is 0.482. The number of hydrogen-bond acceptors (Lipinski definition) is 7.